The molecular formula is C24H29N3O4S. The van der Waals surface area contributed by atoms with Gasteiger partial charge in [-0.2, -0.15) is 0 Å². The predicted molar refractivity (Wildman–Crippen MR) is 127 cm³/mol. The van der Waals surface area contributed by atoms with E-state index in [0.29, 0.717) is 29.9 Å². The quantitative estimate of drug-likeness (QED) is 0.520. The summed E-state index contributed by atoms with van der Waals surface area (Å²) in [6, 6.07) is 13.6. The van der Waals surface area contributed by atoms with Crippen LogP contribution in [0.25, 0.3) is 0 Å². The molecule has 0 aliphatic carbocycles. The van der Waals surface area contributed by atoms with Crippen molar-refractivity contribution in [1.29, 1.82) is 0 Å². The topological polar surface area (TPSA) is 63.3 Å². The summed E-state index contributed by atoms with van der Waals surface area (Å²) >= 11 is 5.85. The van der Waals surface area contributed by atoms with Crippen molar-refractivity contribution in [2.24, 2.45) is 0 Å². The molecule has 1 fully saturated rings. The Morgan fingerprint density at radius 2 is 1.88 bits per heavy atom. The second-order valence-corrected chi connectivity index (χ2v) is 8.46. The molecule has 32 heavy (non-hydrogen) atoms. The van der Waals surface area contributed by atoms with Gasteiger partial charge in [0.25, 0.3) is 0 Å². The molecule has 2 aliphatic heterocycles. The number of rotatable bonds is 6. The Balaban J connectivity index is 1.48. The Labute approximate surface area is 194 Å². The lowest BCUT2D eigenvalue weighted by atomic mass is 10.0. The number of hydrogen-bond donors (Lipinski definition) is 1. The zero-order valence-corrected chi connectivity index (χ0v) is 19.3. The third-order valence-corrected chi connectivity index (χ3v) is 6.16. The number of anilines is 1. The zero-order chi connectivity index (χ0) is 22.5. The van der Waals surface area contributed by atoms with Crippen LogP contribution in [0.1, 0.15) is 35.7 Å². The van der Waals surface area contributed by atoms with Crippen LogP contribution in [-0.2, 0) is 11.3 Å². The summed E-state index contributed by atoms with van der Waals surface area (Å²) in [5, 5.41) is 4.02. The number of carbonyl (C=O) groups excluding carboxylic acids is 1. The van der Waals surface area contributed by atoms with Gasteiger partial charge in [0.2, 0.25) is 6.79 Å². The van der Waals surface area contributed by atoms with E-state index in [-0.39, 0.29) is 12.8 Å². The van der Waals surface area contributed by atoms with Crippen LogP contribution < -0.4 is 14.8 Å². The van der Waals surface area contributed by atoms with Gasteiger partial charge in [-0.3, -0.25) is 0 Å². The summed E-state index contributed by atoms with van der Waals surface area (Å²) < 4.78 is 16.0. The Morgan fingerprint density at radius 1 is 1.16 bits per heavy atom. The number of ether oxygens (including phenoxy) is 3. The first-order valence-corrected chi connectivity index (χ1v) is 11.4. The molecule has 0 spiro atoms. The van der Waals surface area contributed by atoms with Crippen molar-refractivity contribution in [3.63, 3.8) is 0 Å². The molecule has 2 heterocycles. The van der Waals surface area contributed by atoms with Gasteiger partial charge in [-0.15, -0.1) is 0 Å². The number of piperidine rings is 1. The molecule has 0 radical (unpaired) electrons. The molecule has 0 unspecified atom stereocenters. The molecule has 7 nitrogen and oxygen atoms in total. The van der Waals surface area contributed by atoms with Crippen LogP contribution in [0.4, 0.5) is 5.69 Å². The number of esters is 1. The summed E-state index contributed by atoms with van der Waals surface area (Å²) in [4.78, 5) is 16.5. The lowest BCUT2D eigenvalue weighted by Gasteiger charge is -2.39. The van der Waals surface area contributed by atoms with Gasteiger partial charge in [-0.25, -0.2) is 4.79 Å². The van der Waals surface area contributed by atoms with Gasteiger partial charge < -0.3 is 29.3 Å². The van der Waals surface area contributed by atoms with Gasteiger partial charge in [-0.1, -0.05) is 6.07 Å². The van der Waals surface area contributed by atoms with Gasteiger partial charge in [0, 0.05) is 18.3 Å². The third-order valence-electron chi connectivity index (χ3n) is 5.83. The van der Waals surface area contributed by atoms with Crippen LogP contribution in [-0.4, -0.2) is 60.5 Å². The molecule has 0 atom stereocenters. The Morgan fingerprint density at radius 3 is 2.59 bits per heavy atom. The predicted octanol–water partition coefficient (Wildman–Crippen LogP) is 3.89. The fraction of sp³-hybridized carbons (Fsp3) is 0.417. The normalized spacial score (nSPS) is 15.9. The minimum Gasteiger partial charge on any atom is -0.462 e. The molecule has 1 N–H and O–H groups in total. The Hall–Kier alpha value is -2.84. The molecular weight excluding hydrogens is 426 g/mol. The van der Waals surface area contributed by atoms with E-state index in [0.717, 1.165) is 48.7 Å². The second-order valence-electron chi connectivity index (χ2n) is 8.08. The SMILES string of the molecule is CCOC(=O)c1ccc(NC(=S)N(Cc2ccc3c(c2)OCO3)C2CCN(C)CC2)cc1. The largest absolute Gasteiger partial charge is 0.462 e. The maximum atomic E-state index is 11.9. The molecule has 0 saturated carbocycles. The number of fused-ring (bicyclic) bond motifs is 1. The minimum atomic E-state index is -0.322. The highest BCUT2D eigenvalue weighted by molar-refractivity contribution is 7.80. The summed E-state index contributed by atoms with van der Waals surface area (Å²) in [6.45, 7) is 5.17. The van der Waals surface area contributed by atoms with Crippen LogP contribution in [0.3, 0.4) is 0 Å². The standard InChI is InChI=1S/C24H29N3O4S/c1-3-29-23(28)18-5-7-19(8-6-18)25-24(32)27(20-10-12-26(2)13-11-20)15-17-4-9-21-22(14-17)31-16-30-21/h4-9,14,20H,3,10-13,15-16H2,1-2H3,(H,25,32). The summed E-state index contributed by atoms with van der Waals surface area (Å²) in [5.41, 5.74) is 2.48. The van der Waals surface area contributed by atoms with Crippen molar-refractivity contribution in [3.05, 3.63) is 53.6 Å². The van der Waals surface area contributed by atoms with Crippen LogP contribution in [0.2, 0.25) is 0 Å². The number of thiocarbonyl (C=S) groups is 1. The van der Waals surface area contributed by atoms with Gasteiger partial charge in [0.1, 0.15) is 0 Å². The first-order chi connectivity index (χ1) is 15.5. The summed E-state index contributed by atoms with van der Waals surface area (Å²) in [7, 11) is 2.15. The first kappa shape index (κ1) is 22.4. The third kappa shape index (κ3) is 5.31. The van der Waals surface area contributed by atoms with E-state index in [4.69, 9.17) is 26.4 Å². The Bertz CT molecular complexity index is 958. The highest BCUT2D eigenvalue weighted by Crippen LogP contribution is 2.33. The van der Waals surface area contributed by atoms with Crippen LogP contribution in [0.15, 0.2) is 42.5 Å². The number of likely N-dealkylation sites (tertiary alicyclic amines) is 1. The van der Waals surface area contributed by atoms with E-state index >= 15 is 0 Å². The Kier molecular flexibility index (Phi) is 7.12. The highest BCUT2D eigenvalue weighted by Gasteiger charge is 2.26. The fourth-order valence-electron chi connectivity index (χ4n) is 4.01. The lowest BCUT2D eigenvalue weighted by molar-refractivity contribution is 0.0526. The van der Waals surface area contributed by atoms with E-state index < -0.39 is 0 Å². The summed E-state index contributed by atoms with van der Waals surface area (Å²) in [6.07, 6.45) is 2.09. The van der Waals surface area contributed by atoms with Crippen molar-refractivity contribution < 1.29 is 19.0 Å². The van der Waals surface area contributed by atoms with Gasteiger partial charge >= 0.3 is 5.97 Å². The smallest absolute Gasteiger partial charge is 0.338 e. The molecule has 2 aliphatic rings. The van der Waals surface area contributed by atoms with Crippen LogP contribution >= 0.6 is 12.2 Å². The molecule has 0 amide bonds. The maximum absolute atomic E-state index is 11.9. The van der Waals surface area contributed by atoms with Crippen LogP contribution in [0.5, 0.6) is 11.5 Å². The van der Waals surface area contributed by atoms with E-state index in [1.165, 1.54) is 0 Å². The van der Waals surface area contributed by atoms with Crippen molar-refractivity contribution >= 4 is 29.0 Å². The average molecular weight is 456 g/mol. The molecule has 170 valence electrons. The molecule has 0 aromatic heterocycles. The summed E-state index contributed by atoms with van der Waals surface area (Å²) in [5.74, 6) is 1.23. The second kappa shape index (κ2) is 10.2. The molecule has 2 aromatic rings. The van der Waals surface area contributed by atoms with E-state index in [2.05, 4.69) is 28.2 Å². The van der Waals surface area contributed by atoms with Crippen LogP contribution in [0, 0.1) is 0 Å². The van der Waals surface area contributed by atoms with Gasteiger partial charge in [0.15, 0.2) is 16.6 Å². The van der Waals surface area contributed by atoms with E-state index in [1.54, 1.807) is 19.1 Å². The molecule has 2 aromatic carbocycles. The molecule has 8 heteroatoms. The fourth-order valence-corrected chi connectivity index (χ4v) is 4.34. The van der Waals surface area contributed by atoms with Gasteiger partial charge in [0.05, 0.1) is 12.2 Å². The monoisotopic (exact) mass is 455 g/mol. The minimum absolute atomic E-state index is 0.263. The average Bonchev–Trinajstić information content (AvgIpc) is 3.27. The van der Waals surface area contributed by atoms with Crippen molar-refractivity contribution in [2.75, 3.05) is 38.9 Å². The highest BCUT2D eigenvalue weighted by atomic mass is 32.1. The molecule has 4 rings (SSSR count). The van der Waals surface area contributed by atoms with Gasteiger partial charge in [-0.05, 0) is 94.1 Å². The number of nitrogens with one attached hydrogen (secondary N) is 1. The first-order valence-electron chi connectivity index (χ1n) is 11.0. The van der Waals surface area contributed by atoms with Crippen molar-refractivity contribution in [2.45, 2.75) is 32.4 Å². The van der Waals surface area contributed by atoms with Crippen molar-refractivity contribution in [1.82, 2.24) is 9.80 Å². The zero-order valence-electron chi connectivity index (χ0n) is 18.5. The lowest BCUT2D eigenvalue weighted by Crippen LogP contribution is -2.47. The molecule has 0 bridgehead atoms. The molecule has 1 saturated heterocycles. The number of nitrogens with zero attached hydrogens (tertiary/aromatic N) is 2. The number of carbonyl (C=O) groups is 1. The maximum Gasteiger partial charge on any atom is 0.338 e. The van der Waals surface area contributed by atoms with E-state index in [9.17, 15) is 4.79 Å². The number of hydrogen-bond acceptors (Lipinski definition) is 6. The van der Waals surface area contributed by atoms with Crippen molar-refractivity contribution in [3.8, 4) is 11.5 Å². The van der Waals surface area contributed by atoms with E-state index in [1.807, 2.05) is 24.3 Å². The number of benzene rings is 2.